The van der Waals surface area contributed by atoms with E-state index in [-0.39, 0.29) is 11.1 Å². The van der Waals surface area contributed by atoms with Crippen LogP contribution in [0.1, 0.15) is 25.3 Å². The largest absolute Gasteiger partial charge is 0.351 e. The van der Waals surface area contributed by atoms with Gasteiger partial charge in [-0.25, -0.2) is 8.78 Å². The zero-order chi connectivity index (χ0) is 14.3. The SMILES string of the molecule is CCCCNC(=O)C(C#N)=Cc1cc(F)ccc1F. The lowest BCUT2D eigenvalue weighted by Gasteiger charge is -2.03. The Labute approximate surface area is 110 Å². The maximum absolute atomic E-state index is 13.4. The summed E-state index contributed by atoms with van der Waals surface area (Å²) in [5.41, 5.74) is -0.372. The van der Waals surface area contributed by atoms with Gasteiger partial charge in [-0.3, -0.25) is 4.79 Å². The molecule has 0 aliphatic rings. The normalized spacial score (nSPS) is 10.9. The molecule has 5 heteroatoms. The van der Waals surface area contributed by atoms with E-state index in [2.05, 4.69) is 5.32 Å². The molecule has 0 unspecified atom stereocenters. The molecule has 0 saturated carbocycles. The number of rotatable bonds is 5. The third-order valence-corrected chi connectivity index (χ3v) is 2.44. The third kappa shape index (κ3) is 4.51. The predicted molar refractivity (Wildman–Crippen MR) is 67.9 cm³/mol. The summed E-state index contributed by atoms with van der Waals surface area (Å²) in [6, 6.07) is 4.54. The summed E-state index contributed by atoms with van der Waals surface area (Å²) < 4.78 is 26.4. The molecule has 0 fully saturated rings. The second kappa shape index (κ2) is 7.27. The van der Waals surface area contributed by atoms with Crippen LogP contribution in [0.25, 0.3) is 6.08 Å². The molecule has 0 spiro atoms. The van der Waals surface area contributed by atoms with Crippen molar-refractivity contribution < 1.29 is 13.6 Å². The number of nitriles is 1. The van der Waals surface area contributed by atoms with Gasteiger partial charge in [0.15, 0.2) is 0 Å². The van der Waals surface area contributed by atoms with Gasteiger partial charge in [-0.05, 0) is 30.7 Å². The van der Waals surface area contributed by atoms with E-state index in [1.165, 1.54) is 0 Å². The minimum Gasteiger partial charge on any atom is -0.351 e. The summed E-state index contributed by atoms with van der Waals surface area (Å²) in [4.78, 5) is 11.6. The first-order valence-electron chi connectivity index (χ1n) is 5.93. The van der Waals surface area contributed by atoms with Gasteiger partial charge in [0.1, 0.15) is 23.3 Å². The van der Waals surface area contributed by atoms with Crippen molar-refractivity contribution in [2.45, 2.75) is 19.8 Å². The molecule has 19 heavy (non-hydrogen) atoms. The van der Waals surface area contributed by atoms with Crippen LogP contribution in [0.3, 0.4) is 0 Å². The van der Waals surface area contributed by atoms with E-state index in [1.54, 1.807) is 6.07 Å². The maximum atomic E-state index is 13.4. The highest BCUT2D eigenvalue weighted by Gasteiger charge is 2.10. The van der Waals surface area contributed by atoms with E-state index in [0.717, 1.165) is 37.1 Å². The molecule has 1 rings (SSSR count). The van der Waals surface area contributed by atoms with Gasteiger partial charge in [0.25, 0.3) is 5.91 Å². The Bertz CT molecular complexity index is 533. The van der Waals surface area contributed by atoms with Crippen molar-refractivity contribution in [3.05, 3.63) is 41.0 Å². The maximum Gasteiger partial charge on any atom is 0.261 e. The van der Waals surface area contributed by atoms with Gasteiger partial charge in [0.2, 0.25) is 0 Å². The molecule has 1 aromatic carbocycles. The van der Waals surface area contributed by atoms with E-state index in [0.29, 0.717) is 6.54 Å². The molecule has 0 atom stereocenters. The van der Waals surface area contributed by atoms with Crippen LogP contribution in [0.4, 0.5) is 8.78 Å². The lowest BCUT2D eigenvalue weighted by atomic mass is 10.1. The number of unbranched alkanes of at least 4 members (excludes halogenated alkanes) is 1. The van der Waals surface area contributed by atoms with E-state index in [4.69, 9.17) is 5.26 Å². The summed E-state index contributed by atoms with van der Waals surface area (Å²) in [5, 5.41) is 11.4. The lowest BCUT2D eigenvalue weighted by Crippen LogP contribution is -2.25. The van der Waals surface area contributed by atoms with Crippen LogP contribution in [-0.4, -0.2) is 12.5 Å². The van der Waals surface area contributed by atoms with E-state index < -0.39 is 17.5 Å². The second-order valence-corrected chi connectivity index (χ2v) is 3.95. The van der Waals surface area contributed by atoms with Gasteiger partial charge < -0.3 is 5.32 Å². The first-order valence-corrected chi connectivity index (χ1v) is 5.93. The van der Waals surface area contributed by atoms with Crippen LogP contribution in [0.2, 0.25) is 0 Å². The number of carbonyl (C=O) groups excluding carboxylic acids is 1. The van der Waals surface area contributed by atoms with Gasteiger partial charge in [-0.2, -0.15) is 5.26 Å². The number of hydrogen-bond acceptors (Lipinski definition) is 2. The molecule has 3 nitrogen and oxygen atoms in total. The quantitative estimate of drug-likeness (QED) is 0.505. The number of nitrogens with zero attached hydrogens (tertiary/aromatic N) is 1. The van der Waals surface area contributed by atoms with Crippen LogP contribution in [0, 0.1) is 23.0 Å². The van der Waals surface area contributed by atoms with Gasteiger partial charge in [0, 0.05) is 12.1 Å². The van der Waals surface area contributed by atoms with Gasteiger partial charge in [0.05, 0.1) is 0 Å². The van der Waals surface area contributed by atoms with Crippen molar-refractivity contribution in [3.63, 3.8) is 0 Å². The third-order valence-electron chi connectivity index (χ3n) is 2.44. The molecular weight excluding hydrogens is 250 g/mol. The molecule has 0 bridgehead atoms. The number of halogens is 2. The zero-order valence-corrected chi connectivity index (χ0v) is 10.5. The highest BCUT2D eigenvalue weighted by Crippen LogP contribution is 2.13. The minimum atomic E-state index is -0.685. The molecule has 1 aromatic rings. The van der Waals surface area contributed by atoms with Crippen molar-refractivity contribution in [1.82, 2.24) is 5.32 Å². The number of amides is 1. The Morgan fingerprint density at radius 1 is 1.47 bits per heavy atom. The first-order chi connectivity index (χ1) is 9.08. The van der Waals surface area contributed by atoms with Crippen LogP contribution in [-0.2, 0) is 4.79 Å². The summed E-state index contributed by atoms with van der Waals surface area (Å²) in [6.07, 6.45) is 2.74. The summed E-state index contributed by atoms with van der Waals surface area (Å²) in [6.45, 7) is 2.41. The number of nitrogens with one attached hydrogen (secondary N) is 1. The van der Waals surface area contributed by atoms with Gasteiger partial charge >= 0.3 is 0 Å². The summed E-state index contributed by atoms with van der Waals surface area (Å²) in [5.74, 6) is -1.90. The highest BCUT2D eigenvalue weighted by atomic mass is 19.1. The molecule has 0 radical (unpaired) electrons. The highest BCUT2D eigenvalue weighted by molar-refractivity contribution is 6.01. The molecule has 0 aromatic heterocycles. The zero-order valence-electron chi connectivity index (χ0n) is 10.5. The average molecular weight is 264 g/mol. The Kier molecular flexibility index (Phi) is 5.68. The van der Waals surface area contributed by atoms with Crippen molar-refractivity contribution in [2.75, 3.05) is 6.54 Å². The first kappa shape index (κ1) is 14.8. The molecule has 100 valence electrons. The Hall–Kier alpha value is -2.22. The van der Waals surface area contributed by atoms with Crippen molar-refractivity contribution in [2.24, 2.45) is 0 Å². The summed E-state index contributed by atoms with van der Waals surface area (Å²) >= 11 is 0. The van der Waals surface area contributed by atoms with Crippen LogP contribution >= 0.6 is 0 Å². The minimum absolute atomic E-state index is 0.123. The van der Waals surface area contributed by atoms with Crippen LogP contribution in [0.5, 0.6) is 0 Å². The molecule has 0 aliphatic carbocycles. The van der Waals surface area contributed by atoms with E-state index >= 15 is 0 Å². The fourth-order valence-corrected chi connectivity index (χ4v) is 1.40. The molecule has 1 amide bonds. The Morgan fingerprint density at radius 3 is 2.84 bits per heavy atom. The standard InChI is InChI=1S/C14H14F2N2O/c1-2-3-6-18-14(19)11(9-17)7-10-8-12(15)4-5-13(10)16/h4-5,7-8H,2-3,6H2,1H3,(H,18,19). The number of carbonyl (C=O) groups is 1. The van der Waals surface area contributed by atoms with E-state index in [1.807, 2.05) is 6.92 Å². The average Bonchev–Trinajstić information content (AvgIpc) is 2.39. The number of benzene rings is 1. The van der Waals surface area contributed by atoms with Crippen molar-refractivity contribution in [1.29, 1.82) is 5.26 Å². The molecule has 0 saturated heterocycles. The van der Waals surface area contributed by atoms with Gasteiger partial charge in [-0.1, -0.05) is 13.3 Å². The van der Waals surface area contributed by atoms with Gasteiger partial charge in [-0.15, -0.1) is 0 Å². The van der Waals surface area contributed by atoms with Crippen LogP contribution in [0.15, 0.2) is 23.8 Å². The lowest BCUT2D eigenvalue weighted by molar-refractivity contribution is -0.117. The topological polar surface area (TPSA) is 52.9 Å². The molecular formula is C14H14F2N2O. The molecule has 0 aliphatic heterocycles. The Morgan fingerprint density at radius 2 is 2.21 bits per heavy atom. The van der Waals surface area contributed by atoms with Crippen molar-refractivity contribution in [3.8, 4) is 6.07 Å². The number of hydrogen-bond donors (Lipinski definition) is 1. The fourth-order valence-electron chi connectivity index (χ4n) is 1.40. The Balaban J connectivity index is 2.90. The smallest absolute Gasteiger partial charge is 0.261 e. The molecule has 1 N–H and O–H groups in total. The summed E-state index contributed by atoms with van der Waals surface area (Å²) in [7, 11) is 0. The molecule has 0 heterocycles. The van der Waals surface area contributed by atoms with Crippen LogP contribution < -0.4 is 5.32 Å². The predicted octanol–water partition coefficient (Wildman–Crippen LogP) is 2.79. The fraction of sp³-hybridized carbons (Fsp3) is 0.286. The van der Waals surface area contributed by atoms with E-state index in [9.17, 15) is 13.6 Å². The second-order valence-electron chi connectivity index (χ2n) is 3.95. The van der Waals surface area contributed by atoms with Crippen molar-refractivity contribution >= 4 is 12.0 Å². The monoisotopic (exact) mass is 264 g/mol.